The second-order valence-electron chi connectivity index (χ2n) is 10.9. The molecule has 0 unspecified atom stereocenters. The number of hydrogen-bond donors (Lipinski definition) is 2. The number of nitrogens with one attached hydrogen (secondary N) is 1. The van der Waals surface area contributed by atoms with Crippen LogP contribution in [0.15, 0.2) is 42.5 Å². The fourth-order valence-electron chi connectivity index (χ4n) is 5.70. The van der Waals surface area contributed by atoms with Crippen molar-refractivity contribution in [2.24, 2.45) is 0 Å². The molecule has 0 bridgehead atoms. The van der Waals surface area contributed by atoms with E-state index in [-0.39, 0.29) is 51.0 Å². The zero-order valence-electron chi connectivity index (χ0n) is 25.7. The third-order valence-electron chi connectivity index (χ3n) is 7.96. The number of urea groups is 1. The molecule has 0 aliphatic carbocycles. The highest BCUT2D eigenvalue weighted by molar-refractivity contribution is 7.22. The maximum atomic E-state index is 14.2. The van der Waals surface area contributed by atoms with E-state index >= 15 is 0 Å². The summed E-state index contributed by atoms with van der Waals surface area (Å²) in [5, 5.41) is 15.7. The number of nitrogens with zero attached hydrogens (tertiary/aromatic N) is 6. The number of para-hydroxylation sites is 1. The van der Waals surface area contributed by atoms with Crippen LogP contribution in [0.3, 0.4) is 0 Å². The molecule has 15 heteroatoms. The number of nitrogen functional groups attached to an aromatic ring is 1. The number of anilines is 1. The van der Waals surface area contributed by atoms with E-state index in [0.29, 0.717) is 22.9 Å². The van der Waals surface area contributed by atoms with Crippen molar-refractivity contribution in [3.8, 4) is 11.8 Å². The van der Waals surface area contributed by atoms with Gasteiger partial charge >= 0.3 is 12.0 Å². The van der Waals surface area contributed by atoms with Gasteiger partial charge in [-0.05, 0) is 35.7 Å². The second kappa shape index (κ2) is 14.4. The molecular weight excluding hydrogens is 612 g/mol. The third kappa shape index (κ3) is 6.98. The number of carbonyl (C=O) groups excluding carboxylic acids is 4. The van der Waals surface area contributed by atoms with Crippen LogP contribution < -0.4 is 15.8 Å². The Hall–Kier alpha value is -4.94. The standard InChI is InChI=1S/C31H36N8O6S/c1-3-4-13-34-31(43)37(14-12-32)38-18-26(40)39-23(15-20-8-10-22(11-9-20)45-19-27(41)44-2)29(42)36(17-25(38)39)16-21-6-5-7-24-28(21)35-30(33)46-24/h5-11,23,25H,3-4,13-19H2,1-2H3,(H2,33,35)(H,34,43)/t23-,25+/m0/s1. The summed E-state index contributed by atoms with van der Waals surface area (Å²) in [6.07, 6.45) is 1.15. The molecule has 3 N–H and O–H groups in total. The average Bonchev–Trinajstić information content (AvgIpc) is 3.60. The highest BCUT2D eigenvalue weighted by atomic mass is 32.1. The van der Waals surface area contributed by atoms with Gasteiger partial charge in [0.05, 0.1) is 36.5 Å². The van der Waals surface area contributed by atoms with Crippen molar-refractivity contribution < 1.29 is 28.7 Å². The first-order chi connectivity index (χ1) is 22.2. The monoisotopic (exact) mass is 648 g/mol. The molecule has 3 heterocycles. The number of fused-ring (bicyclic) bond motifs is 2. The molecule has 0 radical (unpaired) electrons. The lowest BCUT2D eigenvalue weighted by Gasteiger charge is -2.46. The number of benzene rings is 2. The molecule has 4 amide bonds. The van der Waals surface area contributed by atoms with Crippen molar-refractivity contribution >= 4 is 50.5 Å². The molecule has 0 saturated carbocycles. The van der Waals surface area contributed by atoms with Gasteiger partial charge in [-0.1, -0.05) is 48.9 Å². The number of hydrazine groups is 1. The van der Waals surface area contributed by atoms with Gasteiger partial charge in [-0.2, -0.15) is 10.3 Å². The molecule has 46 heavy (non-hydrogen) atoms. The van der Waals surface area contributed by atoms with Crippen LogP contribution in [0.25, 0.3) is 10.2 Å². The highest BCUT2D eigenvalue weighted by Gasteiger charge is 2.52. The number of unbranched alkanes of at least 4 members (excludes halogenated alkanes) is 1. The van der Waals surface area contributed by atoms with Crippen LogP contribution >= 0.6 is 11.3 Å². The summed E-state index contributed by atoms with van der Waals surface area (Å²) in [4.78, 5) is 60.2. The zero-order chi connectivity index (χ0) is 32.8. The Bertz CT molecular complexity index is 1640. The summed E-state index contributed by atoms with van der Waals surface area (Å²) in [5.74, 6) is -0.638. The minimum absolute atomic E-state index is 0.113. The van der Waals surface area contributed by atoms with Gasteiger partial charge in [-0.3, -0.25) is 9.59 Å². The summed E-state index contributed by atoms with van der Waals surface area (Å²) >= 11 is 1.36. The van der Waals surface area contributed by atoms with Crippen molar-refractivity contribution in [2.75, 3.05) is 45.6 Å². The Labute approximate surface area is 270 Å². The van der Waals surface area contributed by atoms with Gasteiger partial charge in [0.2, 0.25) is 11.8 Å². The first-order valence-corrected chi connectivity index (χ1v) is 15.8. The number of piperazine rings is 1. The van der Waals surface area contributed by atoms with Crippen molar-refractivity contribution in [2.45, 2.75) is 44.9 Å². The fraction of sp³-hybridized carbons (Fsp3) is 0.419. The number of amides is 4. The van der Waals surface area contributed by atoms with Gasteiger partial charge in [0.15, 0.2) is 11.7 Å². The molecule has 2 aromatic carbocycles. The maximum Gasteiger partial charge on any atom is 0.343 e. The van der Waals surface area contributed by atoms with Crippen LogP contribution in [0.4, 0.5) is 9.93 Å². The number of nitrogens with two attached hydrogens (primary N) is 1. The Morgan fingerprint density at radius 3 is 2.72 bits per heavy atom. The minimum Gasteiger partial charge on any atom is -0.482 e. The third-order valence-corrected chi connectivity index (χ3v) is 8.80. The lowest BCUT2D eigenvalue weighted by Crippen LogP contribution is -2.66. The van der Waals surface area contributed by atoms with Gasteiger partial charge in [0.25, 0.3) is 0 Å². The average molecular weight is 649 g/mol. The molecule has 2 fully saturated rings. The van der Waals surface area contributed by atoms with Gasteiger partial charge in [-0.25, -0.2) is 19.6 Å². The van der Waals surface area contributed by atoms with Crippen molar-refractivity contribution in [1.29, 1.82) is 5.26 Å². The summed E-state index contributed by atoms with van der Waals surface area (Å²) < 4.78 is 11.0. The Morgan fingerprint density at radius 1 is 1.22 bits per heavy atom. The molecule has 3 aromatic rings. The van der Waals surface area contributed by atoms with Gasteiger partial charge < -0.3 is 30.3 Å². The van der Waals surface area contributed by atoms with E-state index < -0.39 is 24.2 Å². The predicted octanol–water partition coefficient (Wildman–Crippen LogP) is 2.10. The number of methoxy groups -OCH3 is 1. The number of esters is 1. The molecule has 0 spiro atoms. The van der Waals surface area contributed by atoms with E-state index in [2.05, 4.69) is 15.0 Å². The van der Waals surface area contributed by atoms with Gasteiger partial charge in [0, 0.05) is 19.5 Å². The number of hydrogen-bond acceptors (Lipinski definition) is 11. The van der Waals surface area contributed by atoms with Crippen LogP contribution in [0, 0.1) is 11.3 Å². The number of aromatic nitrogens is 1. The zero-order valence-corrected chi connectivity index (χ0v) is 26.5. The second-order valence-corrected chi connectivity index (χ2v) is 12.0. The summed E-state index contributed by atoms with van der Waals surface area (Å²) in [6.45, 7) is 2.09. The quantitative estimate of drug-likeness (QED) is 0.168. The number of nitriles is 1. The van der Waals surface area contributed by atoms with E-state index in [1.54, 1.807) is 34.2 Å². The summed E-state index contributed by atoms with van der Waals surface area (Å²) in [7, 11) is 1.28. The van der Waals surface area contributed by atoms with E-state index in [9.17, 15) is 24.4 Å². The lowest BCUT2D eigenvalue weighted by atomic mass is 9.99. The van der Waals surface area contributed by atoms with E-state index in [4.69, 9.17) is 10.5 Å². The number of carbonyl (C=O) groups is 4. The topological polar surface area (TPSA) is 174 Å². The van der Waals surface area contributed by atoms with Crippen molar-refractivity contribution in [1.82, 2.24) is 30.1 Å². The molecule has 5 rings (SSSR count). The van der Waals surface area contributed by atoms with Crippen LogP contribution in [0.1, 0.15) is 30.9 Å². The molecule has 1 aromatic heterocycles. The molecule has 242 valence electrons. The fourth-order valence-corrected chi connectivity index (χ4v) is 6.48. The highest BCUT2D eigenvalue weighted by Crippen LogP contribution is 2.32. The Kier molecular flexibility index (Phi) is 10.2. The molecule has 14 nitrogen and oxygen atoms in total. The van der Waals surface area contributed by atoms with Crippen molar-refractivity contribution in [3.05, 3.63) is 53.6 Å². The largest absolute Gasteiger partial charge is 0.482 e. The Balaban J connectivity index is 1.45. The smallest absolute Gasteiger partial charge is 0.343 e. The van der Waals surface area contributed by atoms with Crippen LogP contribution in [0.5, 0.6) is 5.75 Å². The normalized spacial score (nSPS) is 17.9. The van der Waals surface area contributed by atoms with Crippen molar-refractivity contribution in [3.63, 3.8) is 0 Å². The summed E-state index contributed by atoms with van der Waals surface area (Å²) in [6, 6.07) is 13.3. The molecule has 2 aliphatic heterocycles. The van der Waals surface area contributed by atoms with E-state index in [0.717, 1.165) is 28.7 Å². The maximum absolute atomic E-state index is 14.2. The number of ether oxygens (including phenoxy) is 2. The van der Waals surface area contributed by atoms with E-state index in [1.165, 1.54) is 28.4 Å². The molecule has 2 saturated heterocycles. The number of rotatable bonds is 12. The first-order valence-electron chi connectivity index (χ1n) is 14.9. The first kappa shape index (κ1) is 32.5. The van der Waals surface area contributed by atoms with Gasteiger partial charge in [0.1, 0.15) is 24.5 Å². The van der Waals surface area contributed by atoms with E-state index in [1.807, 2.05) is 31.2 Å². The molecule has 2 aliphatic rings. The Morgan fingerprint density at radius 2 is 2.00 bits per heavy atom. The number of thiazole rings is 1. The lowest BCUT2D eigenvalue weighted by molar-refractivity contribution is -0.157. The van der Waals surface area contributed by atoms with Crippen LogP contribution in [-0.4, -0.2) is 101 Å². The summed E-state index contributed by atoms with van der Waals surface area (Å²) in [5.41, 5.74) is 8.27. The van der Waals surface area contributed by atoms with Crippen LogP contribution in [0.2, 0.25) is 0 Å². The SMILES string of the molecule is CCCCNC(=O)N(CC#N)N1CC(=O)N2[C@@H](Cc3ccc(OCC(=O)OC)cc3)C(=O)N(Cc3cccc4sc(N)nc34)C[C@@H]21. The van der Waals surface area contributed by atoms with Gasteiger partial charge in [-0.15, -0.1) is 0 Å². The molecule has 2 atom stereocenters. The molecular formula is C31H36N8O6S. The minimum atomic E-state index is -0.884. The predicted molar refractivity (Wildman–Crippen MR) is 169 cm³/mol. The van der Waals surface area contributed by atoms with Crippen LogP contribution in [-0.2, 0) is 32.1 Å².